The summed E-state index contributed by atoms with van der Waals surface area (Å²) in [5.41, 5.74) is 6.05. The van der Waals surface area contributed by atoms with Crippen molar-refractivity contribution in [1.82, 2.24) is 4.98 Å². The van der Waals surface area contributed by atoms with Gasteiger partial charge in [0.2, 0.25) is 0 Å². The van der Waals surface area contributed by atoms with E-state index in [1.165, 1.54) is 6.20 Å². The highest BCUT2D eigenvalue weighted by Crippen LogP contribution is 2.18. The Morgan fingerprint density at radius 3 is 2.85 bits per heavy atom. The van der Waals surface area contributed by atoms with Gasteiger partial charge < -0.3 is 15.8 Å². The first-order chi connectivity index (χ1) is 9.54. The lowest BCUT2D eigenvalue weighted by Crippen LogP contribution is -2.30. The fourth-order valence-corrected chi connectivity index (χ4v) is 1.69. The lowest BCUT2D eigenvalue weighted by Gasteiger charge is -2.14. The van der Waals surface area contributed by atoms with E-state index in [9.17, 15) is 4.79 Å². The van der Waals surface area contributed by atoms with Crippen molar-refractivity contribution < 1.29 is 9.53 Å². The first-order valence-corrected chi connectivity index (χ1v) is 6.37. The Morgan fingerprint density at radius 2 is 2.20 bits per heavy atom. The van der Waals surface area contributed by atoms with Gasteiger partial charge in [0.1, 0.15) is 11.6 Å². The van der Waals surface area contributed by atoms with Crippen LogP contribution in [0.4, 0.5) is 11.5 Å². The number of nitrogens with zero attached hydrogens (tertiary/aromatic N) is 1. The number of nitrogen functional groups attached to an aromatic ring is 1. The number of nitrogens with two attached hydrogens (primary N) is 1. The number of aromatic nitrogens is 1. The Balaban J connectivity index is 1.96. The van der Waals surface area contributed by atoms with Gasteiger partial charge in [-0.25, -0.2) is 4.98 Å². The molecule has 20 heavy (non-hydrogen) atoms. The van der Waals surface area contributed by atoms with Crippen LogP contribution in [0.25, 0.3) is 0 Å². The zero-order chi connectivity index (χ0) is 14.5. The number of pyridine rings is 1. The molecule has 2 aromatic rings. The van der Waals surface area contributed by atoms with E-state index in [1.807, 2.05) is 0 Å². The predicted octanol–water partition coefficient (Wildman–Crippen LogP) is 2.72. The van der Waals surface area contributed by atoms with Crippen LogP contribution in [0, 0.1) is 0 Å². The van der Waals surface area contributed by atoms with Gasteiger partial charge in [0, 0.05) is 5.02 Å². The Morgan fingerprint density at radius 1 is 1.40 bits per heavy atom. The van der Waals surface area contributed by atoms with Crippen molar-refractivity contribution in [2.24, 2.45) is 0 Å². The molecular formula is C14H14ClN3O2. The normalized spacial score (nSPS) is 11.7. The SMILES string of the molecule is CC(Oc1cccc(Cl)c1)C(=O)Nc1ccc(N)cn1. The Kier molecular flexibility index (Phi) is 4.42. The molecule has 0 radical (unpaired) electrons. The zero-order valence-corrected chi connectivity index (χ0v) is 11.6. The van der Waals surface area contributed by atoms with E-state index in [4.69, 9.17) is 22.1 Å². The van der Waals surface area contributed by atoms with Crippen LogP contribution in [0.3, 0.4) is 0 Å². The average molecular weight is 292 g/mol. The smallest absolute Gasteiger partial charge is 0.266 e. The number of halogens is 1. The van der Waals surface area contributed by atoms with Gasteiger partial charge in [-0.15, -0.1) is 0 Å². The molecule has 0 aliphatic rings. The molecule has 0 fully saturated rings. The van der Waals surface area contributed by atoms with Crippen molar-refractivity contribution in [2.75, 3.05) is 11.1 Å². The summed E-state index contributed by atoms with van der Waals surface area (Å²) >= 11 is 5.85. The first-order valence-electron chi connectivity index (χ1n) is 5.99. The molecule has 0 spiro atoms. The zero-order valence-electron chi connectivity index (χ0n) is 10.8. The fraction of sp³-hybridized carbons (Fsp3) is 0.143. The van der Waals surface area contributed by atoms with Crippen LogP contribution in [0.2, 0.25) is 5.02 Å². The number of anilines is 2. The van der Waals surface area contributed by atoms with Gasteiger partial charge in [-0.3, -0.25) is 4.79 Å². The molecule has 1 heterocycles. The third kappa shape index (κ3) is 3.86. The monoisotopic (exact) mass is 291 g/mol. The number of ether oxygens (including phenoxy) is 1. The van der Waals surface area contributed by atoms with Gasteiger partial charge in [-0.1, -0.05) is 17.7 Å². The van der Waals surface area contributed by atoms with Crippen LogP contribution in [0.15, 0.2) is 42.6 Å². The summed E-state index contributed by atoms with van der Waals surface area (Å²) in [4.78, 5) is 15.9. The third-order valence-corrected chi connectivity index (χ3v) is 2.75. The predicted molar refractivity (Wildman–Crippen MR) is 78.8 cm³/mol. The van der Waals surface area contributed by atoms with Gasteiger partial charge in [-0.05, 0) is 37.3 Å². The summed E-state index contributed by atoms with van der Waals surface area (Å²) in [5, 5.41) is 3.19. The van der Waals surface area contributed by atoms with Crippen molar-refractivity contribution in [3.05, 3.63) is 47.6 Å². The van der Waals surface area contributed by atoms with Gasteiger partial charge in [0.05, 0.1) is 11.9 Å². The summed E-state index contributed by atoms with van der Waals surface area (Å²) in [6.07, 6.45) is 0.797. The number of carbonyl (C=O) groups is 1. The van der Waals surface area contributed by atoms with Crippen molar-refractivity contribution in [3.63, 3.8) is 0 Å². The van der Waals surface area contributed by atoms with Crippen molar-refractivity contribution >= 4 is 29.0 Å². The summed E-state index contributed by atoms with van der Waals surface area (Å²) in [6, 6.07) is 10.1. The van der Waals surface area contributed by atoms with E-state index >= 15 is 0 Å². The van der Waals surface area contributed by atoms with Crippen LogP contribution in [-0.4, -0.2) is 17.0 Å². The number of rotatable bonds is 4. The van der Waals surface area contributed by atoms with Crippen molar-refractivity contribution in [2.45, 2.75) is 13.0 Å². The molecule has 1 unspecified atom stereocenters. The topological polar surface area (TPSA) is 77.2 Å². The standard InChI is InChI=1S/C14H14ClN3O2/c1-9(20-12-4-2-3-10(15)7-12)14(19)18-13-6-5-11(16)8-17-13/h2-9H,16H2,1H3,(H,17,18,19). The Bertz CT molecular complexity index is 602. The van der Waals surface area contributed by atoms with E-state index in [0.717, 1.165) is 0 Å². The molecule has 0 bridgehead atoms. The minimum Gasteiger partial charge on any atom is -0.481 e. The molecule has 1 aromatic carbocycles. The third-order valence-electron chi connectivity index (χ3n) is 2.52. The average Bonchev–Trinajstić information content (AvgIpc) is 2.41. The molecule has 0 aliphatic heterocycles. The number of hydrogen-bond acceptors (Lipinski definition) is 4. The summed E-state index contributed by atoms with van der Waals surface area (Å²) in [7, 11) is 0. The highest BCUT2D eigenvalue weighted by atomic mass is 35.5. The highest BCUT2D eigenvalue weighted by molar-refractivity contribution is 6.30. The van der Waals surface area contributed by atoms with E-state index in [-0.39, 0.29) is 5.91 Å². The molecule has 1 amide bonds. The molecule has 1 aromatic heterocycles. The summed E-state index contributed by atoms with van der Waals surface area (Å²) in [5.74, 6) is 0.651. The lowest BCUT2D eigenvalue weighted by atomic mass is 10.3. The molecule has 104 valence electrons. The number of benzene rings is 1. The molecule has 5 nitrogen and oxygen atoms in total. The minimum absolute atomic E-state index is 0.303. The van der Waals surface area contributed by atoms with E-state index < -0.39 is 6.10 Å². The first kappa shape index (κ1) is 14.1. The van der Waals surface area contributed by atoms with E-state index in [2.05, 4.69) is 10.3 Å². The number of hydrogen-bond donors (Lipinski definition) is 2. The quantitative estimate of drug-likeness (QED) is 0.908. The molecule has 2 rings (SSSR count). The molecule has 3 N–H and O–H groups in total. The molecule has 0 aliphatic carbocycles. The Hall–Kier alpha value is -2.27. The number of nitrogens with one attached hydrogen (secondary N) is 1. The highest BCUT2D eigenvalue weighted by Gasteiger charge is 2.15. The number of carbonyl (C=O) groups excluding carboxylic acids is 1. The molecular weight excluding hydrogens is 278 g/mol. The van der Waals surface area contributed by atoms with Crippen molar-refractivity contribution in [1.29, 1.82) is 0 Å². The largest absolute Gasteiger partial charge is 0.481 e. The fourth-order valence-electron chi connectivity index (χ4n) is 1.51. The van der Waals surface area contributed by atoms with Crippen LogP contribution in [0.1, 0.15) is 6.92 Å². The second kappa shape index (κ2) is 6.25. The second-order valence-electron chi connectivity index (χ2n) is 4.18. The van der Waals surface area contributed by atoms with Crippen LogP contribution in [0.5, 0.6) is 5.75 Å². The lowest BCUT2D eigenvalue weighted by molar-refractivity contribution is -0.122. The van der Waals surface area contributed by atoms with E-state index in [1.54, 1.807) is 43.3 Å². The minimum atomic E-state index is -0.673. The Labute approximate surface area is 121 Å². The maximum absolute atomic E-state index is 11.9. The maximum Gasteiger partial charge on any atom is 0.266 e. The van der Waals surface area contributed by atoms with Crippen LogP contribution >= 0.6 is 11.6 Å². The van der Waals surface area contributed by atoms with Crippen molar-refractivity contribution in [3.8, 4) is 5.75 Å². The summed E-state index contributed by atoms with van der Waals surface area (Å²) < 4.78 is 5.50. The summed E-state index contributed by atoms with van der Waals surface area (Å²) in [6.45, 7) is 1.65. The van der Waals surface area contributed by atoms with E-state index in [0.29, 0.717) is 22.3 Å². The molecule has 1 atom stereocenters. The maximum atomic E-state index is 11.9. The van der Waals surface area contributed by atoms with Gasteiger partial charge in [-0.2, -0.15) is 0 Å². The molecule has 6 heteroatoms. The van der Waals surface area contributed by atoms with Gasteiger partial charge >= 0.3 is 0 Å². The van der Waals surface area contributed by atoms with Crippen LogP contribution in [-0.2, 0) is 4.79 Å². The van der Waals surface area contributed by atoms with Gasteiger partial charge in [0.25, 0.3) is 5.91 Å². The molecule has 0 saturated heterocycles. The molecule has 0 saturated carbocycles. The second-order valence-corrected chi connectivity index (χ2v) is 4.62. The van der Waals surface area contributed by atoms with Crippen LogP contribution < -0.4 is 15.8 Å². The number of amides is 1. The van der Waals surface area contributed by atoms with Gasteiger partial charge in [0.15, 0.2) is 6.10 Å².